The summed E-state index contributed by atoms with van der Waals surface area (Å²) in [6, 6.07) is 5.88. The van der Waals surface area contributed by atoms with Crippen LogP contribution in [0.4, 0.5) is 13.2 Å². The lowest BCUT2D eigenvalue weighted by molar-refractivity contribution is -0.165. The number of aliphatic hydroxyl groups is 1. The number of aliphatic hydroxyl groups excluding tert-OH is 1. The van der Waals surface area contributed by atoms with E-state index >= 15 is 0 Å². The van der Waals surface area contributed by atoms with Crippen LogP contribution in [0, 0.1) is 0 Å². The third-order valence-electron chi connectivity index (χ3n) is 2.96. The number of hydrogen-bond acceptors (Lipinski definition) is 3. The molecule has 6 heteroatoms. The van der Waals surface area contributed by atoms with Crippen molar-refractivity contribution in [1.29, 1.82) is 0 Å². The van der Waals surface area contributed by atoms with Crippen LogP contribution in [-0.4, -0.2) is 23.7 Å². The Bertz CT molecular complexity index is 504. The highest BCUT2D eigenvalue weighted by Crippen LogP contribution is 2.21. The summed E-state index contributed by atoms with van der Waals surface area (Å²) in [5.74, 6) is -2.26. The van der Waals surface area contributed by atoms with Crippen LogP contribution < -0.4 is 4.74 Å². The second-order valence-electron chi connectivity index (χ2n) is 4.83. The van der Waals surface area contributed by atoms with Gasteiger partial charge in [-0.15, -0.1) is 0 Å². The zero-order chi connectivity index (χ0) is 16.6. The standard InChI is InChI=1S/C16H19F3O3/c1-2-3-4-5-10-22-13-8-6-12(7-9-13)14(20)11-15(21)16(17,18)19/h6-9,11,20H,2-5,10H2,1H3/b14-11-. The summed E-state index contributed by atoms with van der Waals surface area (Å²) >= 11 is 0. The van der Waals surface area contributed by atoms with Crippen molar-refractivity contribution in [3.63, 3.8) is 0 Å². The molecule has 0 heterocycles. The van der Waals surface area contributed by atoms with E-state index in [0.29, 0.717) is 12.4 Å². The van der Waals surface area contributed by atoms with Gasteiger partial charge in [0, 0.05) is 11.6 Å². The van der Waals surface area contributed by atoms with E-state index in [-0.39, 0.29) is 11.6 Å². The fourth-order valence-corrected chi connectivity index (χ4v) is 1.73. The van der Waals surface area contributed by atoms with E-state index in [0.717, 1.165) is 25.7 Å². The first-order valence-corrected chi connectivity index (χ1v) is 7.09. The number of carbonyl (C=O) groups is 1. The van der Waals surface area contributed by atoms with Crippen LogP contribution in [0.15, 0.2) is 30.3 Å². The van der Waals surface area contributed by atoms with Gasteiger partial charge in [-0.05, 0) is 30.7 Å². The molecule has 0 radical (unpaired) electrons. The minimum atomic E-state index is -4.99. The largest absolute Gasteiger partial charge is 0.507 e. The van der Waals surface area contributed by atoms with Gasteiger partial charge in [0.1, 0.15) is 11.5 Å². The Balaban J connectivity index is 2.57. The molecule has 0 aliphatic heterocycles. The normalized spacial score (nSPS) is 12.3. The molecule has 0 unspecified atom stereocenters. The maximum Gasteiger partial charge on any atom is 0.454 e. The first-order chi connectivity index (χ1) is 10.3. The number of allylic oxidation sites excluding steroid dienone is 1. The smallest absolute Gasteiger partial charge is 0.454 e. The zero-order valence-corrected chi connectivity index (χ0v) is 12.3. The molecule has 1 aromatic rings. The quantitative estimate of drug-likeness (QED) is 0.430. The van der Waals surface area contributed by atoms with Gasteiger partial charge in [0.2, 0.25) is 0 Å². The van der Waals surface area contributed by atoms with Crippen LogP contribution in [0.3, 0.4) is 0 Å². The predicted molar refractivity (Wildman–Crippen MR) is 77.7 cm³/mol. The fourth-order valence-electron chi connectivity index (χ4n) is 1.73. The molecule has 1 N–H and O–H groups in total. The highest BCUT2D eigenvalue weighted by Gasteiger charge is 2.36. The summed E-state index contributed by atoms with van der Waals surface area (Å²) in [6.45, 7) is 2.68. The minimum absolute atomic E-state index is 0.121. The van der Waals surface area contributed by atoms with Gasteiger partial charge in [0.25, 0.3) is 5.78 Å². The Morgan fingerprint density at radius 1 is 1.18 bits per heavy atom. The van der Waals surface area contributed by atoms with Crippen LogP contribution in [0.5, 0.6) is 5.75 Å². The Morgan fingerprint density at radius 3 is 2.36 bits per heavy atom. The second kappa shape index (κ2) is 8.46. The highest BCUT2D eigenvalue weighted by atomic mass is 19.4. The van der Waals surface area contributed by atoms with Crippen LogP contribution in [0.25, 0.3) is 5.76 Å². The van der Waals surface area contributed by atoms with Gasteiger partial charge in [0.05, 0.1) is 6.61 Å². The number of carbonyl (C=O) groups excluding carboxylic acids is 1. The number of halogens is 3. The van der Waals surface area contributed by atoms with E-state index in [1.807, 2.05) is 0 Å². The molecule has 0 aliphatic carbocycles. The molecule has 0 saturated heterocycles. The molecule has 1 aromatic carbocycles. The number of unbranched alkanes of at least 4 members (excludes halogenated alkanes) is 3. The molecule has 0 atom stereocenters. The molecule has 0 aromatic heterocycles. The van der Waals surface area contributed by atoms with Crippen LogP contribution in [0.1, 0.15) is 38.2 Å². The van der Waals surface area contributed by atoms with Crippen molar-refractivity contribution < 1.29 is 27.8 Å². The summed E-state index contributed by atoms with van der Waals surface area (Å²) in [5.41, 5.74) is 0.121. The van der Waals surface area contributed by atoms with Crippen molar-refractivity contribution in [2.45, 2.75) is 38.8 Å². The molecule has 3 nitrogen and oxygen atoms in total. The van der Waals surface area contributed by atoms with Crippen molar-refractivity contribution in [3.8, 4) is 5.75 Å². The maximum atomic E-state index is 12.1. The van der Waals surface area contributed by atoms with Crippen LogP contribution >= 0.6 is 0 Å². The van der Waals surface area contributed by atoms with Gasteiger partial charge in [0.15, 0.2) is 0 Å². The topological polar surface area (TPSA) is 46.5 Å². The average molecular weight is 316 g/mol. The molecule has 0 saturated carbocycles. The Hall–Kier alpha value is -1.98. The summed E-state index contributed by atoms with van der Waals surface area (Å²) < 4.78 is 41.8. The molecule has 0 amide bonds. The lowest BCUT2D eigenvalue weighted by Gasteiger charge is -2.07. The molecule has 22 heavy (non-hydrogen) atoms. The Labute approximate surface area is 127 Å². The molecule has 122 valence electrons. The van der Waals surface area contributed by atoms with E-state index in [9.17, 15) is 23.1 Å². The van der Waals surface area contributed by atoms with Gasteiger partial charge in [-0.1, -0.05) is 26.2 Å². The van der Waals surface area contributed by atoms with Gasteiger partial charge < -0.3 is 9.84 Å². The monoisotopic (exact) mass is 316 g/mol. The Morgan fingerprint density at radius 2 is 1.82 bits per heavy atom. The first-order valence-electron chi connectivity index (χ1n) is 7.09. The van der Waals surface area contributed by atoms with E-state index in [1.165, 1.54) is 24.3 Å². The maximum absolute atomic E-state index is 12.1. The number of rotatable bonds is 8. The minimum Gasteiger partial charge on any atom is -0.507 e. The third-order valence-corrected chi connectivity index (χ3v) is 2.96. The van der Waals surface area contributed by atoms with Crippen molar-refractivity contribution in [2.75, 3.05) is 6.61 Å². The first kappa shape index (κ1) is 18.1. The Kier molecular flexibility index (Phi) is 6.95. The number of ketones is 1. The van der Waals surface area contributed by atoms with E-state index in [1.54, 1.807) is 0 Å². The predicted octanol–water partition coefficient (Wildman–Crippen LogP) is 4.68. The SMILES string of the molecule is CCCCCCOc1ccc(/C(O)=C/C(=O)C(F)(F)F)cc1. The highest BCUT2D eigenvalue weighted by molar-refractivity contribution is 5.99. The number of hydrogen-bond donors (Lipinski definition) is 1. The number of alkyl halides is 3. The summed E-state index contributed by atoms with van der Waals surface area (Å²) in [4.78, 5) is 10.8. The second-order valence-corrected chi connectivity index (χ2v) is 4.83. The molecular formula is C16H19F3O3. The van der Waals surface area contributed by atoms with Crippen molar-refractivity contribution in [2.24, 2.45) is 0 Å². The van der Waals surface area contributed by atoms with Gasteiger partial charge in [-0.3, -0.25) is 4.79 Å². The third kappa shape index (κ3) is 6.20. The lowest BCUT2D eigenvalue weighted by atomic mass is 10.1. The summed E-state index contributed by atoms with van der Waals surface area (Å²) in [7, 11) is 0. The number of ether oxygens (including phenoxy) is 1. The van der Waals surface area contributed by atoms with Crippen LogP contribution in [-0.2, 0) is 4.79 Å². The molecule has 0 spiro atoms. The molecule has 0 aliphatic rings. The zero-order valence-electron chi connectivity index (χ0n) is 12.3. The fraction of sp³-hybridized carbons (Fsp3) is 0.438. The molecule has 1 rings (SSSR count). The van der Waals surface area contributed by atoms with Gasteiger partial charge in [-0.25, -0.2) is 0 Å². The van der Waals surface area contributed by atoms with E-state index in [4.69, 9.17) is 4.74 Å². The van der Waals surface area contributed by atoms with Crippen molar-refractivity contribution >= 4 is 11.5 Å². The summed E-state index contributed by atoms with van der Waals surface area (Å²) in [6.07, 6.45) is -0.528. The number of benzene rings is 1. The van der Waals surface area contributed by atoms with Gasteiger partial charge >= 0.3 is 6.18 Å². The average Bonchev–Trinajstić information content (AvgIpc) is 2.46. The van der Waals surface area contributed by atoms with E-state index < -0.39 is 17.7 Å². The van der Waals surface area contributed by atoms with Crippen molar-refractivity contribution in [3.05, 3.63) is 35.9 Å². The summed E-state index contributed by atoms with van der Waals surface area (Å²) in [5, 5.41) is 9.52. The molecule has 0 bridgehead atoms. The molecular weight excluding hydrogens is 297 g/mol. The van der Waals surface area contributed by atoms with E-state index in [2.05, 4.69) is 6.92 Å². The van der Waals surface area contributed by atoms with Crippen LogP contribution in [0.2, 0.25) is 0 Å². The molecule has 0 fully saturated rings. The lowest BCUT2D eigenvalue weighted by Crippen LogP contribution is -2.20. The van der Waals surface area contributed by atoms with Gasteiger partial charge in [-0.2, -0.15) is 13.2 Å². The van der Waals surface area contributed by atoms with Crippen molar-refractivity contribution in [1.82, 2.24) is 0 Å².